The molecule has 0 spiro atoms. The molecule has 0 bridgehead atoms. The van der Waals surface area contributed by atoms with Crippen molar-refractivity contribution in [3.63, 3.8) is 0 Å². The first-order chi connectivity index (χ1) is 14.7. The Kier molecular flexibility index (Phi) is 8.84. The zero-order valence-corrected chi connectivity index (χ0v) is 24.1. The van der Waals surface area contributed by atoms with Gasteiger partial charge in [-0.05, 0) is 0 Å². The summed E-state index contributed by atoms with van der Waals surface area (Å²) in [4.78, 5) is 0. The molecule has 2 aliphatic rings. The van der Waals surface area contributed by atoms with Gasteiger partial charge < -0.3 is 24.8 Å². The van der Waals surface area contributed by atoms with Gasteiger partial charge in [-0.15, -0.1) is 0 Å². The molecule has 0 heterocycles. The van der Waals surface area contributed by atoms with E-state index in [1.165, 1.54) is 42.0 Å². The maximum Gasteiger partial charge on any atom is -1.00 e. The van der Waals surface area contributed by atoms with Crippen LogP contribution >= 0.6 is 0 Å². The Labute approximate surface area is 213 Å². The van der Waals surface area contributed by atoms with Crippen LogP contribution in [0.2, 0.25) is 13.1 Å². The SMILES string of the molecule is CCCCC1=Cc2c(ccc3ccccc23)[CH]1[Zr+2]([C]1=Cc2ccccc2C1)=[Si](C)C.[Cl-].[Cl-]. The molecule has 3 aromatic carbocycles. The van der Waals surface area contributed by atoms with Crippen molar-refractivity contribution < 1.29 is 45.2 Å². The molecule has 0 amide bonds. The van der Waals surface area contributed by atoms with Crippen LogP contribution in [0.3, 0.4) is 0 Å². The normalized spacial score (nSPS) is 15.5. The Balaban J connectivity index is 0.00000144. The van der Waals surface area contributed by atoms with E-state index in [2.05, 4.69) is 92.8 Å². The molecule has 5 rings (SSSR count). The molecule has 1 unspecified atom stereocenters. The van der Waals surface area contributed by atoms with Crippen LogP contribution in [0.5, 0.6) is 0 Å². The quantitative estimate of drug-likeness (QED) is 0.422. The van der Waals surface area contributed by atoms with E-state index in [0.717, 1.165) is 3.63 Å². The monoisotopic (exact) mass is 554 g/mol. The summed E-state index contributed by atoms with van der Waals surface area (Å²) in [6.45, 7) is 7.55. The molecule has 3 aromatic rings. The Morgan fingerprint density at radius 2 is 1.66 bits per heavy atom. The first kappa shape index (κ1) is 25.7. The van der Waals surface area contributed by atoms with Gasteiger partial charge in [-0.1, -0.05) is 0 Å². The molecule has 0 fully saturated rings. The molecule has 0 saturated carbocycles. The van der Waals surface area contributed by atoms with E-state index in [0.29, 0.717) is 0 Å². The second-order valence-corrected chi connectivity index (χ2v) is 26.6. The number of allylic oxidation sites excluding steroid dienone is 2. The van der Waals surface area contributed by atoms with Gasteiger partial charge in [0.2, 0.25) is 0 Å². The van der Waals surface area contributed by atoms with Crippen LogP contribution in [-0.2, 0) is 26.8 Å². The molecule has 1 atom stereocenters. The Morgan fingerprint density at radius 1 is 0.906 bits per heavy atom. The second-order valence-electron chi connectivity index (χ2n) is 9.00. The third-order valence-corrected chi connectivity index (χ3v) is 25.0. The molecule has 0 radical (unpaired) electrons. The summed E-state index contributed by atoms with van der Waals surface area (Å²) in [5, 5.41) is 2.85. The third kappa shape index (κ3) is 4.67. The van der Waals surface area contributed by atoms with Crippen LogP contribution < -0.4 is 24.8 Å². The largest absolute Gasteiger partial charge is 1.00 e. The molecular weight excluding hydrogens is 527 g/mol. The number of unbranched alkanes of at least 4 members (excludes halogenated alkanes) is 1. The molecule has 164 valence electrons. The summed E-state index contributed by atoms with van der Waals surface area (Å²) in [6, 6.07) is 23.0. The molecule has 0 nitrogen and oxygen atoms in total. The second kappa shape index (κ2) is 11.0. The summed E-state index contributed by atoms with van der Waals surface area (Å²) in [7, 11) is 0. The summed E-state index contributed by atoms with van der Waals surface area (Å²) < 4.78 is 2.62. The van der Waals surface area contributed by atoms with Crippen molar-refractivity contribution in [3.8, 4) is 0 Å². The maximum absolute atomic E-state index is 2.62. The van der Waals surface area contributed by atoms with Gasteiger partial charge in [0.25, 0.3) is 0 Å². The Hall–Kier alpha value is -0.920. The van der Waals surface area contributed by atoms with Crippen molar-refractivity contribution in [2.45, 2.75) is 49.3 Å². The molecule has 4 heteroatoms. The van der Waals surface area contributed by atoms with E-state index in [1.807, 2.05) is 3.28 Å². The predicted octanol–water partition coefficient (Wildman–Crippen LogP) is 1.94. The minimum Gasteiger partial charge on any atom is -1.00 e. The topological polar surface area (TPSA) is 0 Å². The average Bonchev–Trinajstić information content (AvgIpc) is 3.34. The van der Waals surface area contributed by atoms with Gasteiger partial charge in [-0.25, -0.2) is 0 Å². The fourth-order valence-electron chi connectivity index (χ4n) is 5.38. The van der Waals surface area contributed by atoms with E-state index in [1.54, 1.807) is 22.3 Å². The van der Waals surface area contributed by atoms with Gasteiger partial charge in [0.05, 0.1) is 0 Å². The fourth-order valence-corrected chi connectivity index (χ4v) is 24.0. The van der Waals surface area contributed by atoms with Gasteiger partial charge in [0, 0.05) is 0 Å². The van der Waals surface area contributed by atoms with E-state index in [9.17, 15) is 0 Å². The van der Waals surface area contributed by atoms with Gasteiger partial charge in [-0.2, -0.15) is 0 Å². The summed E-state index contributed by atoms with van der Waals surface area (Å²) in [5.41, 5.74) is 7.70. The van der Waals surface area contributed by atoms with Crippen LogP contribution in [-0.4, -0.2) is 5.43 Å². The van der Waals surface area contributed by atoms with Gasteiger partial charge >= 0.3 is 190 Å². The third-order valence-electron chi connectivity index (χ3n) is 6.77. The minimum atomic E-state index is -1.86. The minimum absolute atomic E-state index is 0. The van der Waals surface area contributed by atoms with Crippen molar-refractivity contribution in [1.29, 1.82) is 0 Å². The van der Waals surface area contributed by atoms with E-state index < -0.39 is 20.4 Å². The van der Waals surface area contributed by atoms with Gasteiger partial charge in [0.1, 0.15) is 0 Å². The van der Waals surface area contributed by atoms with E-state index in [-0.39, 0.29) is 30.2 Å². The maximum atomic E-state index is 2.62. The van der Waals surface area contributed by atoms with Gasteiger partial charge in [-0.3, -0.25) is 0 Å². The number of halogens is 2. The molecular formula is C28H30Cl2SiZr. The van der Waals surface area contributed by atoms with Crippen LogP contribution in [0.15, 0.2) is 69.5 Å². The number of rotatable bonds is 5. The predicted molar refractivity (Wildman–Crippen MR) is 130 cm³/mol. The number of benzene rings is 3. The van der Waals surface area contributed by atoms with Crippen LogP contribution in [0.4, 0.5) is 0 Å². The molecule has 2 aliphatic carbocycles. The van der Waals surface area contributed by atoms with Crippen molar-refractivity contribution in [3.05, 3.63) is 91.8 Å². The fraction of sp³-hybridized carbons (Fsp3) is 0.286. The van der Waals surface area contributed by atoms with Crippen LogP contribution in [0.1, 0.15) is 52.1 Å². The van der Waals surface area contributed by atoms with Crippen molar-refractivity contribution in [2.75, 3.05) is 0 Å². The van der Waals surface area contributed by atoms with Gasteiger partial charge in [0.15, 0.2) is 0 Å². The van der Waals surface area contributed by atoms with Crippen LogP contribution in [0, 0.1) is 0 Å². The Bertz CT molecular complexity index is 1240. The number of hydrogen-bond acceptors (Lipinski definition) is 0. The van der Waals surface area contributed by atoms with E-state index in [4.69, 9.17) is 0 Å². The van der Waals surface area contributed by atoms with Crippen molar-refractivity contribution in [1.82, 2.24) is 0 Å². The first-order valence-electron chi connectivity index (χ1n) is 11.4. The summed E-state index contributed by atoms with van der Waals surface area (Å²) in [6.07, 6.45) is 10.3. The summed E-state index contributed by atoms with van der Waals surface area (Å²) in [5.74, 6) is 0. The first-order valence-corrected chi connectivity index (χ1v) is 20.2. The van der Waals surface area contributed by atoms with Crippen molar-refractivity contribution in [2.24, 2.45) is 0 Å². The van der Waals surface area contributed by atoms with Crippen molar-refractivity contribution >= 4 is 28.4 Å². The summed E-state index contributed by atoms with van der Waals surface area (Å²) >= 11 is -1.86. The smallest absolute Gasteiger partial charge is 1.00 e. The Morgan fingerprint density at radius 3 is 2.41 bits per heavy atom. The number of hydrogen-bond donors (Lipinski definition) is 0. The molecule has 0 saturated heterocycles. The zero-order chi connectivity index (χ0) is 20.7. The molecule has 0 N–H and O–H groups in total. The zero-order valence-electron chi connectivity index (χ0n) is 19.1. The molecule has 0 aliphatic heterocycles. The number of fused-ring (bicyclic) bond motifs is 4. The molecule has 32 heavy (non-hydrogen) atoms. The average molecular weight is 557 g/mol. The molecule has 0 aromatic heterocycles. The van der Waals surface area contributed by atoms with E-state index >= 15 is 0 Å². The standard InChI is InChI=1S/C17H17.C9H7.C2H6Si.2ClH.Zr/c1-2-3-6-13-11-15-10-9-14-7-4-5-8-16(14)17(15)12-13;1-2-5-9-7-3-6-8(9)4-1;1-3-2;;;/h4-5,7-12H,2-3,6H2,1H3;1-2,4-6H,7H2;1-2H3;2*1H;/q;;;;;+2/p-2. The van der Waals surface area contributed by atoms with Crippen LogP contribution in [0.25, 0.3) is 22.9 Å².